The van der Waals surface area contributed by atoms with Crippen LogP contribution in [0.1, 0.15) is 59.8 Å². The molecule has 0 heterocycles. The summed E-state index contributed by atoms with van der Waals surface area (Å²) in [4.78, 5) is 12.5. The molecule has 0 aliphatic heterocycles. The highest BCUT2D eigenvalue weighted by Gasteiger charge is 2.57. The molecule has 2 saturated carbocycles. The highest BCUT2D eigenvalue weighted by Crippen LogP contribution is 2.59. The number of hydrogen-bond acceptors (Lipinski definition) is 1. The van der Waals surface area contributed by atoms with E-state index in [4.69, 9.17) is 0 Å². The van der Waals surface area contributed by atoms with Crippen molar-refractivity contribution in [2.75, 3.05) is 0 Å². The van der Waals surface area contributed by atoms with Crippen LogP contribution in [0.3, 0.4) is 0 Å². The third kappa shape index (κ3) is 2.19. The van der Waals surface area contributed by atoms with E-state index < -0.39 is 0 Å². The molecule has 5 atom stereocenters. The zero-order chi connectivity index (χ0) is 15.1. The van der Waals surface area contributed by atoms with Crippen LogP contribution in [0, 0.1) is 29.1 Å². The van der Waals surface area contributed by atoms with Gasteiger partial charge in [0.1, 0.15) is 5.78 Å². The minimum absolute atomic E-state index is 0.0623. The van der Waals surface area contributed by atoms with Crippen LogP contribution in [-0.4, -0.2) is 5.78 Å². The lowest BCUT2D eigenvalue weighted by Gasteiger charge is -2.48. The number of rotatable bonds is 4. The van der Waals surface area contributed by atoms with Gasteiger partial charge in [-0.2, -0.15) is 0 Å². The molecule has 0 aromatic rings. The van der Waals surface area contributed by atoms with Crippen molar-refractivity contribution in [1.82, 2.24) is 0 Å². The van der Waals surface area contributed by atoms with Crippen LogP contribution in [0.4, 0.5) is 0 Å². The van der Waals surface area contributed by atoms with E-state index in [1.807, 2.05) is 0 Å². The second kappa shape index (κ2) is 5.50. The molecule has 1 nitrogen and oxygen atoms in total. The molecule has 2 aliphatic rings. The van der Waals surface area contributed by atoms with E-state index in [-0.39, 0.29) is 5.41 Å². The van der Waals surface area contributed by atoms with E-state index in [1.165, 1.54) is 5.57 Å². The van der Waals surface area contributed by atoms with E-state index in [0.29, 0.717) is 29.5 Å². The van der Waals surface area contributed by atoms with Gasteiger partial charge in [-0.3, -0.25) is 4.79 Å². The van der Waals surface area contributed by atoms with Gasteiger partial charge in [0.2, 0.25) is 0 Å². The van der Waals surface area contributed by atoms with Crippen LogP contribution in [0.15, 0.2) is 24.3 Å². The molecule has 0 bridgehead atoms. The van der Waals surface area contributed by atoms with E-state index in [9.17, 15) is 4.79 Å². The second-order valence-electron chi connectivity index (χ2n) is 7.26. The summed E-state index contributed by atoms with van der Waals surface area (Å²) in [6, 6.07) is 0. The highest BCUT2D eigenvalue weighted by molar-refractivity contribution is 5.87. The van der Waals surface area contributed by atoms with Crippen LogP contribution < -0.4 is 0 Å². The summed E-state index contributed by atoms with van der Waals surface area (Å²) in [6.45, 7) is 17.2. The molecule has 0 saturated heterocycles. The van der Waals surface area contributed by atoms with Gasteiger partial charge in [0, 0.05) is 11.8 Å². The van der Waals surface area contributed by atoms with Gasteiger partial charge in [0.25, 0.3) is 0 Å². The van der Waals surface area contributed by atoms with Gasteiger partial charge in [-0.25, -0.2) is 0 Å². The SMILES string of the molecule is C=C(C)C(=C)[C@H]1CC[C@]2(C)C(=O)C[C@@H](CC)[C@H]2[C@@H]1CC. The lowest BCUT2D eigenvalue weighted by Crippen LogP contribution is -2.43. The van der Waals surface area contributed by atoms with Crippen molar-refractivity contribution in [2.24, 2.45) is 29.1 Å². The summed E-state index contributed by atoms with van der Waals surface area (Å²) < 4.78 is 0. The monoisotopic (exact) mass is 274 g/mol. The van der Waals surface area contributed by atoms with Crippen molar-refractivity contribution >= 4 is 5.78 Å². The Morgan fingerprint density at radius 3 is 2.45 bits per heavy atom. The number of ketones is 1. The van der Waals surface area contributed by atoms with Gasteiger partial charge in [0.05, 0.1) is 0 Å². The van der Waals surface area contributed by atoms with E-state index >= 15 is 0 Å². The quantitative estimate of drug-likeness (QED) is 0.646. The molecule has 0 unspecified atom stereocenters. The molecule has 112 valence electrons. The van der Waals surface area contributed by atoms with Gasteiger partial charge >= 0.3 is 0 Å². The van der Waals surface area contributed by atoms with Crippen LogP contribution in [0.2, 0.25) is 0 Å². The third-order valence-electron chi connectivity index (χ3n) is 6.27. The normalized spacial score (nSPS) is 40.5. The third-order valence-corrected chi connectivity index (χ3v) is 6.27. The van der Waals surface area contributed by atoms with Gasteiger partial charge in [-0.1, -0.05) is 52.3 Å². The molecule has 2 fully saturated rings. The average molecular weight is 274 g/mol. The number of fused-ring (bicyclic) bond motifs is 1. The predicted molar refractivity (Wildman–Crippen MR) is 85.5 cm³/mol. The Morgan fingerprint density at radius 1 is 1.30 bits per heavy atom. The molecular weight excluding hydrogens is 244 g/mol. The Morgan fingerprint density at radius 2 is 1.95 bits per heavy atom. The molecule has 0 aromatic carbocycles. The van der Waals surface area contributed by atoms with Crippen molar-refractivity contribution in [3.8, 4) is 0 Å². The van der Waals surface area contributed by atoms with Gasteiger partial charge in [-0.05, 0) is 49.0 Å². The molecular formula is C19H30O. The Kier molecular flexibility index (Phi) is 4.27. The zero-order valence-corrected chi connectivity index (χ0v) is 13.7. The maximum atomic E-state index is 12.5. The first kappa shape index (κ1) is 15.5. The second-order valence-corrected chi connectivity index (χ2v) is 7.26. The molecule has 2 rings (SSSR count). The smallest absolute Gasteiger partial charge is 0.139 e. The maximum absolute atomic E-state index is 12.5. The van der Waals surface area contributed by atoms with Crippen LogP contribution in [0.25, 0.3) is 0 Å². The Balaban J connectivity index is 2.36. The first-order chi connectivity index (χ1) is 9.36. The topological polar surface area (TPSA) is 17.1 Å². The lowest BCUT2D eigenvalue weighted by atomic mass is 9.56. The molecule has 2 aliphatic carbocycles. The maximum Gasteiger partial charge on any atom is 0.139 e. The van der Waals surface area contributed by atoms with Crippen molar-refractivity contribution < 1.29 is 4.79 Å². The molecule has 1 heteroatoms. The summed E-state index contributed by atoms with van der Waals surface area (Å²) in [6.07, 6.45) is 5.25. The molecule has 0 N–H and O–H groups in total. The van der Waals surface area contributed by atoms with Crippen molar-refractivity contribution in [1.29, 1.82) is 0 Å². The van der Waals surface area contributed by atoms with Gasteiger partial charge in [-0.15, -0.1) is 0 Å². The largest absolute Gasteiger partial charge is 0.299 e. The van der Waals surface area contributed by atoms with Crippen LogP contribution >= 0.6 is 0 Å². The fourth-order valence-electron chi connectivity index (χ4n) is 5.04. The number of allylic oxidation sites excluding steroid dienone is 2. The lowest BCUT2D eigenvalue weighted by molar-refractivity contribution is -0.129. The van der Waals surface area contributed by atoms with Gasteiger partial charge in [0.15, 0.2) is 0 Å². The van der Waals surface area contributed by atoms with Crippen molar-refractivity contribution in [3.63, 3.8) is 0 Å². The van der Waals surface area contributed by atoms with Crippen LogP contribution in [0.5, 0.6) is 0 Å². The van der Waals surface area contributed by atoms with Gasteiger partial charge < -0.3 is 0 Å². The van der Waals surface area contributed by atoms with E-state index in [1.54, 1.807) is 0 Å². The Bertz CT molecular complexity index is 433. The van der Waals surface area contributed by atoms with E-state index in [0.717, 1.165) is 37.7 Å². The summed E-state index contributed by atoms with van der Waals surface area (Å²) in [5.74, 6) is 2.80. The highest BCUT2D eigenvalue weighted by atomic mass is 16.1. The van der Waals surface area contributed by atoms with Crippen LogP contribution in [-0.2, 0) is 4.79 Å². The molecule has 0 aromatic heterocycles. The standard InChI is InChI=1S/C19H30O/c1-7-14-11-17(20)19(6)10-9-16(13(5)12(3)4)15(8-2)18(14)19/h14-16,18H,3,5,7-11H2,1-2,4,6H3/t14-,15-,16-,18+,19-/m1/s1. The van der Waals surface area contributed by atoms with E-state index in [2.05, 4.69) is 40.9 Å². The average Bonchev–Trinajstić information content (AvgIpc) is 2.68. The molecule has 0 radical (unpaired) electrons. The fraction of sp³-hybridized carbons (Fsp3) is 0.737. The molecule has 0 spiro atoms. The zero-order valence-electron chi connectivity index (χ0n) is 13.7. The molecule has 0 amide bonds. The molecule has 20 heavy (non-hydrogen) atoms. The first-order valence-electron chi connectivity index (χ1n) is 8.24. The van der Waals surface area contributed by atoms with Crippen molar-refractivity contribution in [2.45, 2.75) is 59.8 Å². The summed E-state index contributed by atoms with van der Waals surface area (Å²) >= 11 is 0. The predicted octanol–water partition coefficient (Wildman–Crippen LogP) is 5.18. The summed E-state index contributed by atoms with van der Waals surface area (Å²) in [7, 11) is 0. The number of carbonyl (C=O) groups excluding carboxylic acids is 1. The Hall–Kier alpha value is -0.850. The number of Topliss-reactive ketones (excluding diaryl/α,β-unsaturated/α-hetero) is 1. The minimum Gasteiger partial charge on any atom is -0.299 e. The fourth-order valence-corrected chi connectivity index (χ4v) is 5.04. The Labute approximate surface area is 124 Å². The first-order valence-corrected chi connectivity index (χ1v) is 8.24. The summed E-state index contributed by atoms with van der Waals surface area (Å²) in [5, 5.41) is 0. The van der Waals surface area contributed by atoms with Crippen molar-refractivity contribution in [3.05, 3.63) is 24.3 Å². The minimum atomic E-state index is -0.0623. The summed E-state index contributed by atoms with van der Waals surface area (Å²) in [5.41, 5.74) is 2.29. The number of hydrogen-bond donors (Lipinski definition) is 0. The number of carbonyl (C=O) groups is 1.